The molecule has 10 heteroatoms. The first kappa shape index (κ1) is 21.9. The molecule has 0 aliphatic carbocycles. The number of rotatable bonds is 9. The molecule has 0 radical (unpaired) electrons. The van der Waals surface area contributed by atoms with Gasteiger partial charge in [0.05, 0.1) is 13.7 Å². The fourth-order valence-corrected chi connectivity index (χ4v) is 1.71. The highest BCUT2D eigenvalue weighted by molar-refractivity contribution is 5.90. The number of ether oxygens (including phenoxy) is 3. The quantitative estimate of drug-likeness (QED) is 0.504. The number of nitrogens with one attached hydrogen (secondary N) is 1. The van der Waals surface area contributed by atoms with Crippen molar-refractivity contribution in [1.29, 1.82) is 0 Å². The van der Waals surface area contributed by atoms with Crippen molar-refractivity contribution < 1.29 is 37.4 Å². The smallest absolute Gasteiger partial charge is 0.387 e. The zero-order valence-electron chi connectivity index (χ0n) is 15.0. The largest absolute Gasteiger partial charge is 0.493 e. The van der Waals surface area contributed by atoms with Crippen LogP contribution in [0.2, 0.25) is 0 Å². The number of alkyl halides is 2. The Kier molecular flexibility index (Phi) is 8.70. The van der Waals surface area contributed by atoms with E-state index in [9.17, 15) is 23.2 Å². The van der Waals surface area contributed by atoms with E-state index < -0.39 is 25.1 Å². The van der Waals surface area contributed by atoms with Gasteiger partial charge in [-0.2, -0.15) is 8.78 Å². The molecule has 0 aliphatic rings. The van der Waals surface area contributed by atoms with Crippen molar-refractivity contribution in [2.45, 2.75) is 6.61 Å². The molecule has 0 bridgehead atoms. The van der Waals surface area contributed by atoms with E-state index in [1.165, 1.54) is 36.3 Å². The zero-order chi connectivity index (χ0) is 20.4. The van der Waals surface area contributed by atoms with Gasteiger partial charge in [-0.1, -0.05) is 6.07 Å². The highest BCUT2D eigenvalue weighted by Crippen LogP contribution is 2.29. The van der Waals surface area contributed by atoms with E-state index >= 15 is 0 Å². The van der Waals surface area contributed by atoms with Crippen molar-refractivity contribution >= 4 is 23.9 Å². The molecule has 0 aliphatic heterocycles. The summed E-state index contributed by atoms with van der Waals surface area (Å²) in [6, 6.07) is 4.09. The van der Waals surface area contributed by atoms with Gasteiger partial charge in [0.2, 0.25) is 5.91 Å². The molecule has 0 atom stereocenters. The summed E-state index contributed by atoms with van der Waals surface area (Å²) in [6.45, 7) is -3.74. The Balaban J connectivity index is 2.53. The van der Waals surface area contributed by atoms with Gasteiger partial charge >= 0.3 is 12.6 Å². The summed E-state index contributed by atoms with van der Waals surface area (Å²) < 4.78 is 38.5. The molecule has 0 heterocycles. The summed E-state index contributed by atoms with van der Waals surface area (Å²) in [7, 11) is 4.37. The molecule has 0 saturated carbocycles. The van der Waals surface area contributed by atoms with Gasteiger partial charge in [-0.25, -0.2) is 4.79 Å². The normalized spacial score (nSPS) is 10.6. The lowest BCUT2D eigenvalue weighted by Crippen LogP contribution is -2.38. The van der Waals surface area contributed by atoms with Crippen molar-refractivity contribution in [3.05, 3.63) is 29.8 Å². The van der Waals surface area contributed by atoms with Crippen LogP contribution < -0.4 is 14.8 Å². The monoisotopic (exact) mass is 386 g/mol. The van der Waals surface area contributed by atoms with E-state index in [0.717, 1.165) is 6.08 Å². The predicted molar refractivity (Wildman–Crippen MR) is 91.3 cm³/mol. The maximum Gasteiger partial charge on any atom is 0.387 e. The lowest BCUT2D eigenvalue weighted by molar-refractivity contribution is -0.144. The molecule has 0 unspecified atom stereocenters. The Morgan fingerprint density at radius 1 is 1.22 bits per heavy atom. The average Bonchev–Trinajstić information content (AvgIpc) is 2.62. The van der Waals surface area contributed by atoms with Crippen molar-refractivity contribution in [2.75, 3.05) is 34.4 Å². The average molecular weight is 386 g/mol. The number of halogens is 2. The summed E-state index contributed by atoms with van der Waals surface area (Å²) in [5.74, 6) is -1.80. The Labute approximate surface area is 154 Å². The minimum absolute atomic E-state index is 0.0655. The van der Waals surface area contributed by atoms with Gasteiger partial charge in [-0.15, -0.1) is 0 Å². The number of hydrogen-bond donors (Lipinski definition) is 1. The van der Waals surface area contributed by atoms with E-state index in [-0.39, 0.29) is 24.0 Å². The van der Waals surface area contributed by atoms with E-state index in [1.807, 2.05) is 0 Å². The van der Waals surface area contributed by atoms with Crippen LogP contribution in [0.5, 0.6) is 11.5 Å². The number of benzene rings is 1. The van der Waals surface area contributed by atoms with Gasteiger partial charge in [0.15, 0.2) is 18.1 Å². The van der Waals surface area contributed by atoms with Crippen LogP contribution >= 0.6 is 0 Å². The third kappa shape index (κ3) is 8.17. The number of hydrogen-bond acceptors (Lipinski definition) is 6. The van der Waals surface area contributed by atoms with Crippen LogP contribution in [0.1, 0.15) is 5.56 Å². The zero-order valence-corrected chi connectivity index (χ0v) is 15.0. The van der Waals surface area contributed by atoms with Gasteiger partial charge in [-0.3, -0.25) is 9.59 Å². The third-order valence-corrected chi connectivity index (χ3v) is 3.10. The number of methoxy groups -OCH3 is 1. The predicted octanol–water partition coefficient (Wildman–Crippen LogP) is 1.06. The first-order valence-electron chi connectivity index (χ1n) is 7.67. The highest BCUT2D eigenvalue weighted by Gasteiger charge is 2.11. The molecule has 0 spiro atoms. The Morgan fingerprint density at radius 2 is 1.93 bits per heavy atom. The molecule has 0 aromatic heterocycles. The lowest BCUT2D eigenvalue weighted by atomic mass is 10.2. The first-order valence-corrected chi connectivity index (χ1v) is 7.67. The number of nitrogens with zero attached hydrogens (tertiary/aromatic N) is 1. The fraction of sp³-hybridized carbons (Fsp3) is 0.353. The summed E-state index contributed by atoms with van der Waals surface area (Å²) in [5, 5.41) is 2.31. The Bertz CT molecular complexity index is 707. The minimum Gasteiger partial charge on any atom is -0.493 e. The van der Waals surface area contributed by atoms with Gasteiger partial charge in [0.25, 0.3) is 5.91 Å². The maximum atomic E-state index is 12.3. The molecular formula is C17H20F2N2O6. The van der Waals surface area contributed by atoms with Crippen LogP contribution in [0, 0.1) is 0 Å². The molecule has 1 aromatic carbocycles. The summed E-state index contributed by atoms with van der Waals surface area (Å²) in [6.07, 6.45) is 2.41. The Morgan fingerprint density at radius 3 is 2.52 bits per heavy atom. The number of amides is 2. The molecule has 1 rings (SSSR count). The molecule has 148 valence electrons. The second-order valence-electron chi connectivity index (χ2n) is 5.29. The van der Waals surface area contributed by atoms with Gasteiger partial charge < -0.3 is 24.4 Å². The SMILES string of the molecule is COc1cc(/C=C/C(=O)OCC(=O)NCC(=O)N(C)C)ccc1OC(F)F. The van der Waals surface area contributed by atoms with Crippen molar-refractivity contribution in [3.63, 3.8) is 0 Å². The van der Waals surface area contributed by atoms with Gasteiger partial charge in [0.1, 0.15) is 0 Å². The van der Waals surface area contributed by atoms with E-state index in [2.05, 4.69) is 10.1 Å². The number of likely N-dealkylation sites (N-methyl/N-ethyl adjacent to an activating group) is 1. The van der Waals surface area contributed by atoms with E-state index in [0.29, 0.717) is 5.56 Å². The molecule has 2 amide bonds. The van der Waals surface area contributed by atoms with Crippen LogP contribution in [-0.4, -0.2) is 63.7 Å². The lowest BCUT2D eigenvalue weighted by Gasteiger charge is -2.10. The molecule has 1 N–H and O–H groups in total. The van der Waals surface area contributed by atoms with Crippen molar-refractivity contribution in [2.24, 2.45) is 0 Å². The standard InChI is InChI=1S/C17H20F2N2O6/c1-21(2)15(23)9-20-14(22)10-26-16(24)7-5-11-4-6-12(27-17(18)19)13(8-11)25-3/h4-8,17H,9-10H2,1-3H3,(H,20,22)/b7-5+. The summed E-state index contributed by atoms with van der Waals surface area (Å²) in [5.41, 5.74) is 0.464. The van der Waals surface area contributed by atoms with Crippen LogP contribution in [-0.2, 0) is 19.1 Å². The van der Waals surface area contributed by atoms with Crippen LogP contribution in [0.3, 0.4) is 0 Å². The van der Waals surface area contributed by atoms with Crippen molar-refractivity contribution in [1.82, 2.24) is 10.2 Å². The minimum atomic E-state index is -2.99. The van der Waals surface area contributed by atoms with Crippen LogP contribution in [0.4, 0.5) is 8.78 Å². The molecule has 0 fully saturated rings. The molecule has 8 nitrogen and oxygen atoms in total. The molecule has 27 heavy (non-hydrogen) atoms. The number of carbonyl (C=O) groups is 3. The molecule has 1 aromatic rings. The second-order valence-corrected chi connectivity index (χ2v) is 5.29. The fourth-order valence-electron chi connectivity index (χ4n) is 1.71. The van der Waals surface area contributed by atoms with E-state index in [1.54, 1.807) is 14.1 Å². The maximum absolute atomic E-state index is 12.3. The third-order valence-electron chi connectivity index (χ3n) is 3.10. The number of carbonyl (C=O) groups excluding carboxylic acids is 3. The van der Waals surface area contributed by atoms with E-state index in [4.69, 9.17) is 9.47 Å². The number of esters is 1. The van der Waals surface area contributed by atoms with Crippen LogP contribution in [0.25, 0.3) is 6.08 Å². The highest BCUT2D eigenvalue weighted by atomic mass is 19.3. The van der Waals surface area contributed by atoms with Gasteiger partial charge in [-0.05, 0) is 23.8 Å². The summed E-state index contributed by atoms with van der Waals surface area (Å²) in [4.78, 5) is 35.7. The topological polar surface area (TPSA) is 94.2 Å². The molecule has 0 saturated heterocycles. The van der Waals surface area contributed by atoms with Gasteiger partial charge in [0, 0.05) is 20.2 Å². The second kappa shape index (κ2) is 10.7. The molecular weight excluding hydrogens is 366 g/mol. The first-order chi connectivity index (χ1) is 12.7. The van der Waals surface area contributed by atoms with Crippen LogP contribution in [0.15, 0.2) is 24.3 Å². The summed E-state index contributed by atoms with van der Waals surface area (Å²) >= 11 is 0. The Hall–Kier alpha value is -3.17. The van der Waals surface area contributed by atoms with Crippen molar-refractivity contribution in [3.8, 4) is 11.5 Å².